The zero-order chi connectivity index (χ0) is 29.2. The zero-order valence-corrected chi connectivity index (χ0v) is 25.1. The van der Waals surface area contributed by atoms with Crippen molar-refractivity contribution in [2.75, 3.05) is 19.6 Å². The number of carbonyl (C=O) groups excluding carboxylic acids is 1. The van der Waals surface area contributed by atoms with E-state index in [9.17, 15) is 4.79 Å². The molecular formula is C36H36N3O3P. The van der Waals surface area contributed by atoms with Gasteiger partial charge in [-0.05, 0) is 51.1 Å². The summed E-state index contributed by atoms with van der Waals surface area (Å²) in [7, 11) is -3.33. The number of rotatable bonds is 8. The van der Waals surface area contributed by atoms with Gasteiger partial charge in [-0.1, -0.05) is 115 Å². The fraction of sp³-hybridized carbons (Fsp3) is 0.250. The number of esters is 1. The Balaban J connectivity index is 1.22. The van der Waals surface area contributed by atoms with Gasteiger partial charge in [-0.3, -0.25) is 4.79 Å². The highest BCUT2D eigenvalue weighted by molar-refractivity contribution is 7.62. The maximum Gasteiger partial charge on any atom is 0.327 e. The van der Waals surface area contributed by atoms with E-state index >= 15 is 4.89 Å². The molecule has 2 aliphatic rings. The average molecular weight is 590 g/mol. The topological polar surface area (TPSA) is 59.1 Å². The third kappa shape index (κ3) is 5.46. The third-order valence-corrected chi connectivity index (χ3v) is 12.2. The summed E-state index contributed by atoms with van der Waals surface area (Å²) >= 11 is 0. The number of ether oxygens (including phenoxy) is 1. The number of nitrogens with zero attached hydrogens (tertiary/aromatic N) is 3. The standard InChI is InChI=1S/C36H36N3O3P/c40-36(42-27-28-11-2-1-3-12-28)35-21-10-22-39(35)43(41)37(25-31-17-8-15-29-13-4-6-19-33(29)31)23-24-38(43)26-32-18-9-16-30-14-5-7-20-34(30)32/h1-9,11-20,35H,10,21-27H2/t35-/m0/s1. The van der Waals surface area contributed by atoms with E-state index in [0.717, 1.165) is 23.1 Å². The van der Waals surface area contributed by atoms with Crippen molar-refractivity contribution in [3.63, 3.8) is 0 Å². The van der Waals surface area contributed by atoms with Crippen molar-refractivity contribution in [1.29, 1.82) is 0 Å². The average Bonchev–Trinajstić information content (AvgIpc) is 3.67. The lowest BCUT2D eigenvalue weighted by Gasteiger charge is -2.46. The number of hydrogen-bond donors (Lipinski definition) is 0. The molecule has 6 nitrogen and oxygen atoms in total. The second-order valence-electron chi connectivity index (χ2n) is 11.5. The summed E-state index contributed by atoms with van der Waals surface area (Å²) in [5, 5.41) is 4.68. The lowest BCUT2D eigenvalue weighted by molar-refractivity contribution is -0.207. The molecule has 0 amide bonds. The summed E-state index contributed by atoms with van der Waals surface area (Å²) in [6.07, 6.45) is 1.45. The lowest BCUT2D eigenvalue weighted by Crippen LogP contribution is -2.49. The van der Waals surface area contributed by atoms with Crippen LogP contribution in [0.1, 0.15) is 29.5 Å². The van der Waals surface area contributed by atoms with Crippen LogP contribution in [0.3, 0.4) is 0 Å². The van der Waals surface area contributed by atoms with Crippen molar-refractivity contribution >= 4 is 35.5 Å². The molecule has 2 fully saturated rings. The molecule has 5 aromatic rings. The van der Waals surface area contributed by atoms with Crippen LogP contribution in [0.25, 0.3) is 21.5 Å². The van der Waals surface area contributed by atoms with Crippen molar-refractivity contribution < 1.29 is 14.4 Å². The molecule has 0 unspecified atom stereocenters. The Hall–Kier alpha value is -3.64. The summed E-state index contributed by atoms with van der Waals surface area (Å²) in [4.78, 5) is 29.3. The minimum atomic E-state index is -3.33. The van der Waals surface area contributed by atoms with Gasteiger partial charge in [0.05, 0.1) is 26.2 Å². The molecule has 0 spiro atoms. The van der Waals surface area contributed by atoms with E-state index in [4.69, 9.17) is 4.74 Å². The van der Waals surface area contributed by atoms with Crippen LogP contribution in [-0.4, -0.2) is 45.7 Å². The smallest absolute Gasteiger partial charge is 0.327 e. The van der Waals surface area contributed by atoms with E-state index in [-0.39, 0.29) is 12.6 Å². The molecule has 7 heteroatoms. The van der Waals surface area contributed by atoms with Crippen LogP contribution in [0, 0.1) is 0 Å². The molecule has 0 aliphatic carbocycles. The Morgan fingerprint density at radius 2 is 1.23 bits per heavy atom. The predicted molar refractivity (Wildman–Crippen MR) is 172 cm³/mol. The quantitative estimate of drug-likeness (QED) is 0.151. The van der Waals surface area contributed by atoms with Crippen LogP contribution >= 0.6 is 7.94 Å². The van der Waals surface area contributed by atoms with Crippen molar-refractivity contribution in [1.82, 2.24) is 14.0 Å². The first-order valence-corrected chi connectivity index (χ1v) is 16.7. The SMILES string of the molecule is O=C(OCc1ccccc1)[C@@H]1CCCN1[P+]1([O-])N(Cc2cccc3ccccc23)CCN1Cc1cccc2ccccc12. The maximum absolute atomic E-state index is 15.7. The van der Waals surface area contributed by atoms with E-state index < -0.39 is 14.0 Å². The summed E-state index contributed by atoms with van der Waals surface area (Å²) in [5.41, 5.74) is 3.24. The van der Waals surface area contributed by atoms with Gasteiger partial charge < -0.3 is 9.63 Å². The van der Waals surface area contributed by atoms with Crippen molar-refractivity contribution in [2.24, 2.45) is 0 Å². The molecule has 2 aliphatic heterocycles. The Morgan fingerprint density at radius 1 is 0.698 bits per heavy atom. The van der Waals surface area contributed by atoms with Gasteiger partial charge in [-0.15, -0.1) is 14.0 Å². The van der Waals surface area contributed by atoms with Gasteiger partial charge in [0.1, 0.15) is 12.6 Å². The Labute approximate surface area is 253 Å². The number of carbonyl (C=O) groups is 1. The molecule has 0 bridgehead atoms. The number of benzene rings is 5. The van der Waals surface area contributed by atoms with Crippen LogP contribution in [0.5, 0.6) is 0 Å². The molecule has 43 heavy (non-hydrogen) atoms. The predicted octanol–water partition coefficient (Wildman–Crippen LogP) is 6.56. The third-order valence-electron chi connectivity index (χ3n) is 8.87. The Bertz CT molecular complexity index is 1650. The van der Waals surface area contributed by atoms with Gasteiger partial charge in [0.2, 0.25) is 0 Å². The van der Waals surface area contributed by atoms with Crippen molar-refractivity contribution in [2.45, 2.75) is 38.6 Å². The normalized spacial score (nSPS) is 19.3. The largest absolute Gasteiger partial charge is 0.636 e. The Morgan fingerprint density at radius 3 is 1.84 bits per heavy atom. The highest BCUT2D eigenvalue weighted by Crippen LogP contribution is 2.66. The second kappa shape index (κ2) is 12.2. The Kier molecular flexibility index (Phi) is 7.96. The van der Waals surface area contributed by atoms with Crippen molar-refractivity contribution in [3.8, 4) is 0 Å². The first-order chi connectivity index (χ1) is 21.1. The van der Waals surface area contributed by atoms with Gasteiger partial charge in [0.25, 0.3) is 0 Å². The first-order valence-electron chi connectivity index (χ1n) is 15.1. The second-order valence-corrected chi connectivity index (χ2v) is 14.2. The van der Waals surface area contributed by atoms with Crippen molar-refractivity contribution in [3.05, 3.63) is 132 Å². The molecule has 0 radical (unpaired) electrons. The fourth-order valence-electron chi connectivity index (χ4n) is 6.72. The zero-order valence-electron chi connectivity index (χ0n) is 24.2. The van der Waals surface area contributed by atoms with Gasteiger partial charge in [-0.2, -0.15) is 0 Å². The molecule has 5 aromatic carbocycles. The monoisotopic (exact) mass is 589 g/mol. The number of fused-ring (bicyclic) bond motifs is 2. The molecule has 1 atom stereocenters. The van der Waals surface area contributed by atoms with Gasteiger partial charge in [0.15, 0.2) is 7.94 Å². The summed E-state index contributed by atoms with van der Waals surface area (Å²) < 4.78 is 12.1. The molecule has 0 N–H and O–H groups in total. The minimum Gasteiger partial charge on any atom is -0.636 e. The van der Waals surface area contributed by atoms with Gasteiger partial charge in [0, 0.05) is 6.54 Å². The number of hydrogen-bond acceptors (Lipinski definition) is 6. The molecular weight excluding hydrogens is 553 g/mol. The molecule has 7 rings (SSSR count). The van der Waals surface area contributed by atoms with Crippen LogP contribution < -0.4 is 4.89 Å². The molecule has 0 saturated carbocycles. The molecule has 0 aromatic heterocycles. The van der Waals surface area contributed by atoms with E-state index in [1.807, 2.05) is 35.0 Å². The molecule has 218 valence electrons. The molecule has 2 heterocycles. The van der Waals surface area contributed by atoms with E-state index in [0.29, 0.717) is 39.1 Å². The highest BCUT2D eigenvalue weighted by atomic mass is 31.2. The highest BCUT2D eigenvalue weighted by Gasteiger charge is 2.57. The van der Waals surface area contributed by atoms with E-state index in [2.05, 4.69) is 94.3 Å². The van der Waals surface area contributed by atoms with Gasteiger partial charge >= 0.3 is 5.97 Å². The lowest BCUT2D eigenvalue weighted by atomic mass is 10.0. The van der Waals surface area contributed by atoms with Crippen LogP contribution in [0.2, 0.25) is 0 Å². The fourth-order valence-corrected chi connectivity index (χ4v) is 10.1. The van der Waals surface area contributed by atoms with E-state index in [1.54, 1.807) is 0 Å². The van der Waals surface area contributed by atoms with Crippen LogP contribution in [0.4, 0.5) is 0 Å². The summed E-state index contributed by atoms with van der Waals surface area (Å²) in [6.45, 7) is 3.23. The molecule has 2 saturated heterocycles. The van der Waals surface area contributed by atoms with Crippen LogP contribution in [0.15, 0.2) is 115 Å². The van der Waals surface area contributed by atoms with Crippen LogP contribution in [-0.2, 0) is 29.2 Å². The van der Waals surface area contributed by atoms with Gasteiger partial charge in [-0.25, -0.2) is 0 Å². The first kappa shape index (κ1) is 28.1. The maximum atomic E-state index is 15.7. The minimum absolute atomic E-state index is 0.216. The summed E-state index contributed by atoms with van der Waals surface area (Å²) in [5.74, 6) is -0.293. The summed E-state index contributed by atoms with van der Waals surface area (Å²) in [6, 6.07) is 38.6. The van der Waals surface area contributed by atoms with E-state index in [1.165, 1.54) is 21.5 Å².